The molecular weight excluding hydrogens is 314 g/mol. The van der Waals surface area contributed by atoms with Gasteiger partial charge in [0, 0.05) is 0 Å². The highest BCUT2D eigenvalue weighted by Crippen LogP contribution is 2.23. The SMILES string of the molecule is CCc1cccc(CC)c1NC(=O)OCn1c(C)nc2ccccc21. The Morgan fingerprint density at radius 1 is 1.08 bits per heavy atom. The van der Waals surface area contributed by atoms with Gasteiger partial charge in [-0.25, -0.2) is 9.78 Å². The fraction of sp³-hybridized carbons (Fsp3) is 0.300. The minimum absolute atomic E-state index is 0.133. The Hall–Kier alpha value is -2.82. The van der Waals surface area contributed by atoms with Crippen molar-refractivity contribution in [3.05, 3.63) is 59.4 Å². The molecule has 3 rings (SSSR count). The number of rotatable bonds is 5. The zero-order chi connectivity index (χ0) is 17.8. The van der Waals surface area contributed by atoms with Crippen molar-refractivity contribution in [1.82, 2.24) is 9.55 Å². The number of nitrogens with zero attached hydrogens (tertiary/aromatic N) is 2. The van der Waals surface area contributed by atoms with E-state index < -0.39 is 6.09 Å². The summed E-state index contributed by atoms with van der Waals surface area (Å²) in [4.78, 5) is 16.8. The first-order valence-electron chi connectivity index (χ1n) is 8.60. The number of carbonyl (C=O) groups excluding carboxylic acids is 1. The average Bonchev–Trinajstić information content (AvgIpc) is 2.95. The Morgan fingerprint density at radius 2 is 1.76 bits per heavy atom. The number of benzene rings is 2. The maximum atomic E-state index is 12.3. The predicted molar refractivity (Wildman–Crippen MR) is 99.8 cm³/mol. The van der Waals surface area contributed by atoms with E-state index in [0.29, 0.717) is 0 Å². The van der Waals surface area contributed by atoms with Crippen LogP contribution in [0.3, 0.4) is 0 Å². The van der Waals surface area contributed by atoms with Crippen LogP contribution in [0.5, 0.6) is 0 Å². The molecule has 1 amide bonds. The molecular formula is C20H23N3O2. The lowest BCUT2D eigenvalue weighted by Crippen LogP contribution is -2.18. The third-order valence-corrected chi connectivity index (χ3v) is 4.40. The van der Waals surface area contributed by atoms with Gasteiger partial charge in [-0.05, 0) is 43.0 Å². The van der Waals surface area contributed by atoms with E-state index in [1.54, 1.807) is 0 Å². The Morgan fingerprint density at radius 3 is 2.44 bits per heavy atom. The fourth-order valence-electron chi connectivity index (χ4n) is 3.02. The number of hydrogen-bond donors (Lipinski definition) is 1. The van der Waals surface area contributed by atoms with Gasteiger partial charge < -0.3 is 4.74 Å². The minimum Gasteiger partial charge on any atom is -0.427 e. The number of ether oxygens (including phenoxy) is 1. The minimum atomic E-state index is -0.451. The van der Waals surface area contributed by atoms with E-state index in [4.69, 9.17) is 4.74 Å². The number of nitrogens with one attached hydrogen (secondary N) is 1. The van der Waals surface area contributed by atoms with Crippen LogP contribution in [-0.4, -0.2) is 15.6 Å². The molecule has 25 heavy (non-hydrogen) atoms. The maximum absolute atomic E-state index is 12.3. The molecule has 5 heteroatoms. The molecule has 0 radical (unpaired) electrons. The van der Waals surface area contributed by atoms with E-state index in [1.807, 2.05) is 54.0 Å². The number of hydrogen-bond acceptors (Lipinski definition) is 3. The largest absolute Gasteiger partial charge is 0.427 e. The third kappa shape index (κ3) is 3.50. The molecule has 1 N–H and O–H groups in total. The normalized spacial score (nSPS) is 10.8. The van der Waals surface area contributed by atoms with Gasteiger partial charge in [0.25, 0.3) is 0 Å². The lowest BCUT2D eigenvalue weighted by Gasteiger charge is -2.15. The molecule has 0 saturated carbocycles. The molecule has 0 unspecified atom stereocenters. The van der Waals surface area contributed by atoms with Crippen LogP contribution in [0.15, 0.2) is 42.5 Å². The first kappa shape index (κ1) is 17.0. The summed E-state index contributed by atoms with van der Waals surface area (Å²) in [5, 5.41) is 2.92. The van der Waals surface area contributed by atoms with E-state index >= 15 is 0 Å². The van der Waals surface area contributed by atoms with Gasteiger partial charge in [0.2, 0.25) is 0 Å². The fourth-order valence-corrected chi connectivity index (χ4v) is 3.02. The standard InChI is InChI=1S/C20H23N3O2/c1-4-15-9-8-10-16(5-2)19(15)22-20(24)25-13-23-14(3)21-17-11-6-7-12-18(17)23/h6-12H,4-5,13H2,1-3H3,(H,22,24). The maximum Gasteiger partial charge on any atom is 0.413 e. The monoisotopic (exact) mass is 337 g/mol. The van der Waals surface area contributed by atoms with Crippen molar-refractivity contribution in [3.63, 3.8) is 0 Å². The van der Waals surface area contributed by atoms with Gasteiger partial charge in [-0.1, -0.05) is 44.2 Å². The molecule has 1 aromatic heterocycles. The zero-order valence-corrected chi connectivity index (χ0v) is 14.9. The molecule has 0 spiro atoms. The van der Waals surface area contributed by atoms with Gasteiger partial charge in [0.15, 0.2) is 6.73 Å². The third-order valence-electron chi connectivity index (χ3n) is 4.40. The lowest BCUT2D eigenvalue weighted by atomic mass is 10.0. The Kier molecular flexibility index (Phi) is 5.03. The van der Waals surface area contributed by atoms with E-state index in [2.05, 4.69) is 24.1 Å². The van der Waals surface area contributed by atoms with Crippen molar-refractivity contribution >= 4 is 22.8 Å². The number of imidazole rings is 1. The highest BCUT2D eigenvalue weighted by molar-refractivity contribution is 5.87. The van der Waals surface area contributed by atoms with E-state index in [1.165, 1.54) is 0 Å². The van der Waals surface area contributed by atoms with Crippen molar-refractivity contribution in [1.29, 1.82) is 0 Å². The topological polar surface area (TPSA) is 56.1 Å². The lowest BCUT2D eigenvalue weighted by molar-refractivity contribution is 0.129. The second-order valence-electron chi connectivity index (χ2n) is 5.92. The van der Waals surface area contributed by atoms with Gasteiger partial charge in [-0.2, -0.15) is 0 Å². The number of carbonyl (C=O) groups is 1. The molecule has 0 aliphatic carbocycles. The van der Waals surface area contributed by atoms with Crippen molar-refractivity contribution in [2.75, 3.05) is 5.32 Å². The van der Waals surface area contributed by atoms with Gasteiger partial charge >= 0.3 is 6.09 Å². The van der Waals surface area contributed by atoms with Crippen LogP contribution in [0, 0.1) is 6.92 Å². The summed E-state index contributed by atoms with van der Waals surface area (Å²) in [5.74, 6) is 0.817. The molecule has 0 atom stereocenters. The molecule has 5 nitrogen and oxygen atoms in total. The Bertz CT molecular complexity index is 877. The van der Waals surface area contributed by atoms with Crippen LogP contribution >= 0.6 is 0 Å². The second kappa shape index (κ2) is 7.38. The molecule has 0 bridgehead atoms. The molecule has 3 aromatic rings. The van der Waals surface area contributed by atoms with E-state index in [9.17, 15) is 4.79 Å². The average molecular weight is 337 g/mol. The van der Waals surface area contributed by atoms with Crippen LogP contribution in [0.25, 0.3) is 11.0 Å². The van der Waals surface area contributed by atoms with Crippen LogP contribution < -0.4 is 5.32 Å². The predicted octanol–water partition coefficient (Wildman–Crippen LogP) is 4.68. The first-order valence-corrected chi connectivity index (χ1v) is 8.60. The number of aryl methyl sites for hydroxylation is 3. The Balaban J connectivity index is 1.74. The number of amides is 1. The Labute approximate surface area is 147 Å². The van der Waals surface area contributed by atoms with Gasteiger partial charge in [-0.15, -0.1) is 0 Å². The molecule has 1 heterocycles. The number of para-hydroxylation sites is 3. The van der Waals surface area contributed by atoms with Crippen LogP contribution in [-0.2, 0) is 24.3 Å². The van der Waals surface area contributed by atoms with Crippen molar-refractivity contribution in [2.45, 2.75) is 40.3 Å². The van der Waals surface area contributed by atoms with Gasteiger partial charge in [-0.3, -0.25) is 9.88 Å². The van der Waals surface area contributed by atoms with Crippen molar-refractivity contribution in [3.8, 4) is 0 Å². The number of fused-ring (bicyclic) bond motifs is 1. The number of anilines is 1. The van der Waals surface area contributed by atoms with Gasteiger partial charge in [0.1, 0.15) is 5.82 Å². The summed E-state index contributed by atoms with van der Waals surface area (Å²) in [7, 11) is 0. The molecule has 2 aromatic carbocycles. The molecule has 0 aliphatic rings. The van der Waals surface area contributed by atoms with Crippen molar-refractivity contribution < 1.29 is 9.53 Å². The summed E-state index contributed by atoms with van der Waals surface area (Å²) in [6.45, 7) is 6.19. The number of aromatic nitrogens is 2. The quantitative estimate of drug-likeness (QED) is 0.736. The summed E-state index contributed by atoms with van der Waals surface area (Å²) in [5.41, 5.74) is 4.94. The first-order chi connectivity index (χ1) is 12.1. The van der Waals surface area contributed by atoms with Crippen LogP contribution in [0.4, 0.5) is 10.5 Å². The molecule has 0 aliphatic heterocycles. The second-order valence-corrected chi connectivity index (χ2v) is 5.92. The highest BCUT2D eigenvalue weighted by atomic mass is 16.6. The summed E-state index contributed by atoms with van der Waals surface area (Å²) >= 11 is 0. The summed E-state index contributed by atoms with van der Waals surface area (Å²) in [6.07, 6.45) is 1.26. The van der Waals surface area contributed by atoms with E-state index in [0.717, 1.165) is 46.5 Å². The molecule has 0 saturated heterocycles. The van der Waals surface area contributed by atoms with Gasteiger partial charge in [0.05, 0.1) is 16.7 Å². The smallest absolute Gasteiger partial charge is 0.413 e. The van der Waals surface area contributed by atoms with Crippen LogP contribution in [0.1, 0.15) is 30.8 Å². The summed E-state index contributed by atoms with van der Waals surface area (Å²) < 4.78 is 7.34. The van der Waals surface area contributed by atoms with Crippen molar-refractivity contribution in [2.24, 2.45) is 0 Å². The zero-order valence-electron chi connectivity index (χ0n) is 14.9. The molecule has 0 fully saturated rings. The molecule has 130 valence electrons. The van der Waals surface area contributed by atoms with Crippen LogP contribution in [0.2, 0.25) is 0 Å². The summed E-state index contributed by atoms with van der Waals surface area (Å²) in [6, 6.07) is 13.9. The van der Waals surface area contributed by atoms with E-state index in [-0.39, 0.29) is 6.73 Å². The highest BCUT2D eigenvalue weighted by Gasteiger charge is 2.12.